The van der Waals surface area contributed by atoms with Gasteiger partial charge in [-0.3, -0.25) is 4.55 Å². The maximum Gasteiger partial charge on any atom is 0.294 e. The Morgan fingerprint density at radius 3 is 2.04 bits per heavy atom. The third-order valence-corrected chi connectivity index (χ3v) is 4.20. The van der Waals surface area contributed by atoms with Crippen LogP contribution in [0.1, 0.15) is 26.3 Å². The van der Waals surface area contributed by atoms with Gasteiger partial charge in [-0.05, 0) is 41.3 Å². The molecule has 0 radical (unpaired) electrons. The molecule has 2 aromatic rings. The average Bonchev–Trinajstić information content (AvgIpc) is 2.45. The summed E-state index contributed by atoms with van der Waals surface area (Å²) in [5.74, 6) is -0.395. The predicted octanol–water partition coefficient (Wildman–Crippen LogP) is 4.06. The topological polar surface area (TPSA) is 120 Å². The number of hydrogen-bond acceptors (Lipinski definition) is 6. The summed E-state index contributed by atoms with van der Waals surface area (Å²) >= 11 is 0. The highest BCUT2D eigenvalue weighted by atomic mass is 32.2. The molecule has 0 aromatic heterocycles. The minimum Gasteiger partial charge on any atom is -0.506 e. The summed E-state index contributed by atoms with van der Waals surface area (Å²) in [6.07, 6.45) is 0. The van der Waals surface area contributed by atoms with Crippen molar-refractivity contribution in [3.63, 3.8) is 0 Å². The normalized spacial score (nSPS) is 12.7. The summed E-state index contributed by atoms with van der Waals surface area (Å²) in [5.41, 5.74) is 0.786. The van der Waals surface area contributed by atoms with Gasteiger partial charge >= 0.3 is 0 Å². The molecule has 128 valence electrons. The van der Waals surface area contributed by atoms with Crippen LogP contribution in [0, 0.1) is 0 Å². The van der Waals surface area contributed by atoms with Gasteiger partial charge in [-0.1, -0.05) is 26.8 Å². The van der Waals surface area contributed by atoms with E-state index < -0.39 is 15.0 Å². The number of phenols is 2. The van der Waals surface area contributed by atoms with Crippen LogP contribution in [0.5, 0.6) is 11.5 Å². The molecule has 24 heavy (non-hydrogen) atoms. The number of rotatable bonds is 3. The van der Waals surface area contributed by atoms with Crippen LogP contribution in [0.3, 0.4) is 0 Å². The Labute approximate surface area is 140 Å². The van der Waals surface area contributed by atoms with E-state index in [2.05, 4.69) is 10.2 Å². The van der Waals surface area contributed by atoms with Crippen molar-refractivity contribution in [3.8, 4) is 11.5 Å². The first-order valence-electron chi connectivity index (χ1n) is 7.04. The first-order chi connectivity index (χ1) is 11.0. The van der Waals surface area contributed by atoms with Gasteiger partial charge in [0.15, 0.2) is 0 Å². The third kappa shape index (κ3) is 4.09. The van der Waals surface area contributed by atoms with E-state index >= 15 is 0 Å². The Morgan fingerprint density at radius 2 is 1.50 bits per heavy atom. The Bertz CT molecular complexity index is 899. The van der Waals surface area contributed by atoms with E-state index in [9.17, 15) is 18.6 Å². The van der Waals surface area contributed by atoms with Crippen LogP contribution in [-0.4, -0.2) is 23.2 Å². The van der Waals surface area contributed by atoms with Crippen LogP contribution in [0.4, 0.5) is 11.4 Å². The second-order valence-electron chi connectivity index (χ2n) is 6.28. The molecule has 0 heterocycles. The summed E-state index contributed by atoms with van der Waals surface area (Å²) in [6, 6.07) is 8.04. The fourth-order valence-electron chi connectivity index (χ4n) is 1.93. The lowest BCUT2D eigenvalue weighted by Crippen LogP contribution is -2.10. The number of hydrogen-bond donors (Lipinski definition) is 3. The van der Waals surface area contributed by atoms with Crippen molar-refractivity contribution in [1.29, 1.82) is 0 Å². The molecule has 7 nitrogen and oxygen atoms in total. The van der Waals surface area contributed by atoms with E-state index in [0.717, 1.165) is 23.8 Å². The van der Waals surface area contributed by atoms with Crippen molar-refractivity contribution in [1.82, 2.24) is 0 Å². The minimum atomic E-state index is -4.42. The fraction of sp³-hybridized carbons (Fsp3) is 0.250. The van der Waals surface area contributed by atoms with E-state index in [1.807, 2.05) is 20.8 Å². The molecule has 0 bridgehead atoms. The maximum atomic E-state index is 11.1. The lowest BCUT2D eigenvalue weighted by atomic mass is 9.87. The highest BCUT2D eigenvalue weighted by Crippen LogP contribution is 2.35. The molecule has 0 fully saturated rings. The largest absolute Gasteiger partial charge is 0.506 e. The van der Waals surface area contributed by atoms with Gasteiger partial charge in [0.1, 0.15) is 22.9 Å². The van der Waals surface area contributed by atoms with Crippen LogP contribution in [-0.2, 0) is 15.5 Å². The predicted molar refractivity (Wildman–Crippen MR) is 88.9 cm³/mol. The first kappa shape index (κ1) is 17.9. The zero-order chi connectivity index (χ0) is 18.1. The van der Waals surface area contributed by atoms with E-state index in [1.54, 1.807) is 18.2 Å². The second kappa shape index (κ2) is 6.21. The molecule has 3 N–H and O–H groups in total. The highest BCUT2D eigenvalue weighted by molar-refractivity contribution is 7.85. The van der Waals surface area contributed by atoms with Gasteiger partial charge in [-0.2, -0.15) is 8.42 Å². The zero-order valence-electron chi connectivity index (χ0n) is 13.4. The van der Waals surface area contributed by atoms with Crippen LogP contribution >= 0.6 is 0 Å². The van der Waals surface area contributed by atoms with Gasteiger partial charge in [-0.25, -0.2) is 0 Å². The summed E-state index contributed by atoms with van der Waals surface area (Å²) in [5, 5.41) is 27.3. The smallest absolute Gasteiger partial charge is 0.294 e. The third-order valence-electron chi connectivity index (χ3n) is 3.35. The van der Waals surface area contributed by atoms with Gasteiger partial charge in [0.05, 0.1) is 4.90 Å². The summed E-state index contributed by atoms with van der Waals surface area (Å²) in [7, 11) is -4.42. The number of aromatic hydroxyl groups is 2. The molecule has 2 rings (SSSR count). The quantitative estimate of drug-likeness (QED) is 0.569. The lowest BCUT2D eigenvalue weighted by molar-refractivity contribution is 0.470. The number of phenolic OH excluding ortho intramolecular Hbond substituents is 2. The Kier molecular flexibility index (Phi) is 4.63. The summed E-state index contributed by atoms with van der Waals surface area (Å²) in [4.78, 5) is -0.415. The Morgan fingerprint density at radius 1 is 0.875 bits per heavy atom. The lowest BCUT2D eigenvalue weighted by Gasteiger charge is -2.19. The van der Waals surface area contributed by atoms with Gasteiger partial charge in [0, 0.05) is 0 Å². The monoisotopic (exact) mass is 350 g/mol. The van der Waals surface area contributed by atoms with Crippen LogP contribution in [0.15, 0.2) is 51.5 Å². The molecule has 0 saturated heterocycles. The molecule has 0 aliphatic rings. The van der Waals surface area contributed by atoms with E-state index in [-0.39, 0.29) is 28.3 Å². The second-order valence-corrected chi connectivity index (χ2v) is 7.70. The standard InChI is InChI=1S/C16H18N2O5S/c1-16(2,3)10-4-6-12(15(20)8-10)17-18-13-9-11(24(21,22)23)5-7-14(13)19/h4-9,19-20H,1-3H3,(H,21,22,23). The fourth-order valence-corrected chi connectivity index (χ4v) is 2.43. The Balaban J connectivity index is 2.38. The van der Waals surface area contributed by atoms with Crippen molar-refractivity contribution in [3.05, 3.63) is 42.0 Å². The maximum absolute atomic E-state index is 11.1. The van der Waals surface area contributed by atoms with Crippen molar-refractivity contribution >= 4 is 21.5 Å². The molecule has 0 saturated carbocycles. The molecular weight excluding hydrogens is 332 g/mol. The molecule has 2 aromatic carbocycles. The van der Waals surface area contributed by atoms with Crippen molar-refractivity contribution < 1.29 is 23.2 Å². The van der Waals surface area contributed by atoms with Gasteiger partial charge in [0.25, 0.3) is 10.1 Å². The molecule has 0 spiro atoms. The molecule has 0 unspecified atom stereocenters. The van der Waals surface area contributed by atoms with E-state index in [4.69, 9.17) is 4.55 Å². The summed E-state index contributed by atoms with van der Waals surface area (Å²) in [6.45, 7) is 6.01. The van der Waals surface area contributed by atoms with Crippen molar-refractivity contribution in [2.75, 3.05) is 0 Å². The van der Waals surface area contributed by atoms with Gasteiger partial charge in [0.2, 0.25) is 0 Å². The average molecular weight is 350 g/mol. The SMILES string of the molecule is CC(C)(C)c1ccc(N=Nc2cc(S(=O)(=O)O)ccc2O)c(O)c1. The summed E-state index contributed by atoms with van der Waals surface area (Å²) < 4.78 is 31.3. The van der Waals surface area contributed by atoms with Gasteiger partial charge in [-0.15, -0.1) is 10.2 Å². The molecular formula is C16H18N2O5S. The van der Waals surface area contributed by atoms with Gasteiger partial charge < -0.3 is 10.2 Å². The van der Waals surface area contributed by atoms with Crippen LogP contribution in [0.25, 0.3) is 0 Å². The number of azo groups is 1. The molecule has 0 aliphatic carbocycles. The van der Waals surface area contributed by atoms with Crippen LogP contribution < -0.4 is 0 Å². The molecule has 0 amide bonds. The highest BCUT2D eigenvalue weighted by Gasteiger charge is 2.16. The molecule has 0 aliphatic heterocycles. The molecule has 0 atom stereocenters. The van der Waals surface area contributed by atoms with Crippen molar-refractivity contribution in [2.24, 2.45) is 10.2 Å². The number of nitrogens with zero attached hydrogens (tertiary/aromatic N) is 2. The minimum absolute atomic E-state index is 0.0865. The van der Waals surface area contributed by atoms with Crippen LogP contribution in [0.2, 0.25) is 0 Å². The number of benzene rings is 2. The van der Waals surface area contributed by atoms with E-state index in [1.165, 1.54) is 0 Å². The van der Waals surface area contributed by atoms with E-state index in [0.29, 0.717) is 0 Å². The van der Waals surface area contributed by atoms with Crippen molar-refractivity contribution in [2.45, 2.75) is 31.1 Å². The first-order valence-corrected chi connectivity index (χ1v) is 8.48. The zero-order valence-corrected chi connectivity index (χ0v) is 14.2. The molecule has 8 heteroatoms. The Hall–Kier alpha value is -2.45.